The van der Waals surface area contributed by atoms with Gasteiger partial charge in [0.05, 0.1) is 40.3 Å². The normalized spacial score (nSPS) is 13.3. The zero-order chi connectivity index (χ0) is 47.0. The lowest BCUT2D eigenvalue weighted by molar-refractivity contribution is -0.889. The summed E-state index contributed by atoms with van der Waals surface area (Å²) in [5, 5.41) is 11.7. The Bertz CT molecular complexity index is 1230. The molecule has 0 rings (SSSR count). The third-order valence-corrected chi connectivity index (χ3v) is 11.7. The van der Waals surface area contributed by atoms with Gasteiger partial charge in [-0.15, -0.1) is 0 Å². The summed E-state index contributed by atoms with van der Waals surface area (Å²) in [7, 11) is 5.42. The summed E-state index contributed by atoms with van der Waals surface area (Å²) in [6, 6.07) is -0.729. The van der Waals surface area contributed by atoms with Gasteiger partial charge < -0.3 is 28.6 Å². The third kappa shape index (κ3) is 44.2. The summed E-state index contributed by atoms with van der Waals surface area (Å²) in [5.41, 5.74) is 0. The number of aliphatic carboxylic acids is 1. The lowest BCUT2D eigenvalue weighted by Crippen LogP contribution is -2.55. The maximum atomic E-state index is 12.8. The van der Waals surface area contributed by atoms with E-state index in [-0.39, 0.29) is 42.7 Å². The molecule has 0 aromatic carbocycles. The van der Waals surface area contributed by atoms with E-state index in [0.717, 1.165) is 77.0 Å². The van der Waals surface area contributed by atoms with Crippen LogP contribution in [0.1, 0.15) is 226 Å². The fourth-order valence-corrected chi connectivity index (χ4v) is 7.63. The van der Waals surface area contributed by atoms with Gasteiger partial charge in [-0.05, 0) is 57.8 Å². The first-order valence-corrected chi connectivity index (χ1v) is 26.3. The molecule has 0 radical (unpaired) electrons. The molecule has 0 fully saturated rings. The number of hydrogen-bond acceptors (Lipinski definition) is 7. The van der Waals surface area contributed by atoms with Gasteiger partial charge in [0.2, 0.25) is 0 Å². The van der Waals surface area contributed by atoms with Crippen LogP contribution in [0, 0.1) is 0 Å². The van der Waals surface area contributed by atoms with Crippen LogP contribution in [0.15, 0.2) is 60.8 Å². The molecule has 8 heteroatoms. The van der Waals surface area contributed by atoms with Gasteiger partial charge in [0.1, 0.15) is 12.6 Å². The molecule has 8 nitrogen and oxygen atoms in total. The number of esters is 2. The smallest absolute Gasteiger partial charge is 0.306 e. The Balaban J connectivity index is 4.24. The first-order chi connectivity index (χ1) is 31.1. The second kappa shape index (κ2) is 46.6. The molecule has 64 heavy (non-hydrogen) atoms. The number of hydrogen-bond donors (Lipinski definition) is 0. The highest BCUT2D eigenvalue weighted by atomic mass is 16.6. The van der Waals surface area contributed by atoms with Crippen molar-refractivity contribution in [3.05, 3.63) is 60.8 Å². The number of unbranched alkanes of at least 4 members (excludes halogenated alkanes) is 23. The molecular formula is C56H99NO7. The van der Waals surface area contributed by atoms with Crippen molar-refractivity contribution in [1.82, 2.24) is 0 Å². The van der Waals surface area contributed by atoms with E-state index in [0.29, 0.717) is 12.8 Å². The molecule has 2 atom stereocenters. The van der Waals surface area contributed by atoms with Crippen molar-refractivity contribution in [3.63, 3.8) is 0 Å². The van der Waals surface area contributed by atoms with Crippen LogP contribution in [0.2, 0.25) is 0 Å². The Hall–Kier alpha value is -2.97. The molecule has 2 unspecified atom stereocenters. The van der Waals surface area contributed by atoms with Crippen LogP contribution in [0.4, 0.5) is 0 Å². The predicted octanol–water partition coefficient (Wildman–Crippen LogP) is 14.0. The molecule has 0 aliphatic heterocycles. The first kappa shape index (κ1) is 61.0. The van der Waals surface area contributed by atoms with Crippen LogP contribution in [0.3, 0.4) is 0 Å². The summed E-state index contributed by atoms with van der Waals surface area (Å²) in [6.45, 7) is 4.56. The van der Waals surface area contributed by atoms with E-state index in [9.17, 15) is 19.5 Å². The lowest BCUT2D eigenvalue weighted by Gasteiger charge is -2.34. The van der Waals surface area contributed by atoms with E-state index in [1.807, 2.05) is 0 Å². The van der Waals surface area contributed by atoms with Crippen LogP contribution < -0.4 is 5.11 Å². The van der Waals surface area contributed by atoms with Gasteiger partial charge in [0.25, 0.3) is 0 Å². The Morgan fingerprint density at radius 3 is 1.30 bits per heavy atom. The highest BCUT2D eigenvalue weighted by Crippen LogP contribution is 2.16. The fraction of sp³-hybridized carbons (Fsp3) is 0.768. The van der Waals surface area contributed by atoms with Crippen LogP contribution in [-0.2, 0) is 28.6 Å². The Kier molecular flexibility index (Phi) is 44.4. The average Bonchev–Trinajstić information content (AvgIpc) is 3.26. The third-order valence-electron chi connectivity index (χ3n) is 11.7. The highest BCUT2D eigenvalue weighted by Gasteiger charge is 2.25. The van der Waals surface area contributed by atoms with Crippen molar-refractivity contribution >= 4 is 17.9 Å². The number of carbonyl (C=O) groups excluding carboxylic acids is 3. The number of nitrogens with zero attached hydrogens (tertiary/aromatic N) is 1. The maximum absolute atomic E-state index is 12.8. The number of likely N-dealkylation sites (N-methyl/N-ethyl adjacent to an activating group) is 1. The van der Waals surface area contributed by atoms with Gasteiger partial charge in [-0.3, -0.25) is 9.59 Å². The predicted molar refractivity (Wildman–Crippen MR) is 268 cm³/mol. The summed E-state index contributed by atoms with van der Waals surface area (Å²) in [4.78, 5) is 37.1. The van der Waals surface area contributed by atoms with E-state index in [1.165, 1.54) is 116 Å². The minimum Gasteiger partial charge on any atom is -0.544 e. The van der Waals surface area contributed by atoms with Crippen molar-refractivity contribution in [2.75, 3.05) is 41.0 Å². The van der Waals surface area contributed by atoms with Gasteiger partial charge in [0, 0.05) is 19.3 Å². The Morgan fingerprint density at radius 2 is 0.875 bits per heavy atom. The second-order valence-electron chi connectivity index (χ2n) is 18.7. The van der Waals surface area contributed by atoms with Crippen molar-refractivity contribution in [1.29, 1.82) is 0 Å². The Morgan fingerprint density at radius 1 is 0.484 bits per heavy atom. The van der Waals surface area contributed by atoms with Gasteiger partial charge in [-0.2, -0.15) is 0 Å². The van der Waals surface area contributed by atoms with Gasteiger partial charge >= 0.3 is 11.9 Å². The van der Waals surface area contributed by atoms with Crippen LogP contribution in [0.25, 0.3) is 0 Å². The summed E-state index contributed by atoms with van der Waals surface area (Å²) in [6.07, 6.45) is 58.2. The quantitative estimate of drug-likeness (QED) is 0.0259. The molecule has 0 aliphatic rings. The molecule has 0 spiro atoms. The van der Waals surface area contributed by atoms with Crippen molar-refractivity contribution in [2.24, 2.45) is 0 Å². The maximum Gasteiger partial charge on any atom is 0.306 e. The van der Waals surface area contributed by atoms with E-state index < -0.39 is 18.1 Å². The van der Waals surface area contributed by atoms with E-state index in [2.05, 4.69) is 74.6 Å². The molecule has 0 saturated heterocycles. The molecule has 0 aromatic heterocycles. The monoisotopic (exact) mass is 898 g/mol. The molecule has 0 aliphatic carbocycles. The molecular weight excluding hydrogens is 799 g/mol. The largest absolute Gasteiger partial charge is 0.544 e. The van der Waals surface area contributed by atoms with Crippen molar-refractivity contribution in [2.45, 2.75) is 238 Å². The van der Waals surface area contributed by atoms with Crippen molar-refractivity contribution < 1.29 is 38.2 Å². The molecule has 0 aromatic rings. The average molecular weight is 898 g/mol. The van der Waals surface area contributed by atoms with E-state index in [4.69, 9.17) is 14.2 Å². The minimum absolute atomic E-state index is 0.0378. The molecule has 0 saturated carbocycles. The molecule has 370 valence electrons. The van der Waals surface area contributed by atoms with Crippen molar-refractivity contribution in [3.8, 4) is 0 Å². The molecule has 0 bridgehead atoms. The Labute approximate surface area is 394 Å². The van der Waals surface area contributed by atoms with E-state index >= 15 is 0 Å². The number of carboxylic acid groups (broad SMARTS) is 1. The fourth-order valence-electron chi connectivity index (χ4n) is 7.63. The van der Waals surface area contributed by atoms with Gasteiger partial charge in [-0.25, -0.2) is 0 Å². The molecule has 0 N–H and O–H groups in total. The summed E-state index contributed by atoms with van der Waals surface area (Å²) >= 11 is 0. The number of rotatable bonds is 47. The first-order valence-electron chi connectivity index (χ1n) is 26.3. The minimum atomic E-state index is -1.13. The molecule has 0 amide bonds. The number of carbonyl (C=O) groups is 3. The van der Waals surface area contributed by atoms with Crippen LogP contribution in [0.5, 0.6) is 0 Å². The van der Waals surface area contributed by atoms with Crippen LogP contribution in [-0.4, -0.2) is 75.5 Å². The zero-order valence-electron chi connectivity index (χ0n) is 42.2. The SMILES string of the molecule is CC/C=C/C/C=C/C/C=C/C/C=C/C/C=C/CCCCCCCCCC(=O)OCC(COCCC(C(=O)[O-])[N+](C)(C)C)OC(=O)CCCCCCCCCCCCCCCCCCC. The van der Waals surface area contributed by atoms with Gasteiger partial charge in [0.15, 0.2) is 6.10 Å². The van der Waals surface area contributed by atoms with Gasteiger partial charge in [-0.1, -0.05) is 209 Å². The number of allylic oxidation sites excluding steroid dienone is 10. The molecule has 0 heterocycles. The number of carboxylic acids is 1. The second-order valence-corrected chi connectivity index (χ2v) is 18.7. The standard InChI is InChI=1S/C56H99NO7/c1-6-8-10-12-14-16-18-20-22-24-25-26-27-28-29-31-32-34-36-38-40-42-44-46-54(58)63-51-52(50-62-49-48-53(56(60)61)57(3,4)5)64-55(59)47-45-43-41-39-37-35-33-30-23-21-19-17-15-13-11-9-7-2/h8,10,14,16,20,22,25-26,28-29,52-53H,6-7,9,11-13,15,17-19,21,23-24,27,30-51H2,1-5H3/b10-8+,16-14+,22-20+,26-25+,29-28+. The highest BCUT2D eigenvalue weighted by molar-refractivity contribution is 5.70. The summed E-state index contributed by atoms with van der Waals surface area (Å²) < 4.78 is 17.3. The lowest BCUT2D eigenvalue weighted by atomic mass is 10.0. The van der Waals surface area contributed by atoms with Crippen LogP contribution >= 0.6 is 0 Å². The number of ether oxygens (including phenoxy) is 3. The zero-order valence-corrected chi connectivity index (χ0v) is 42.2. The topological polar surface area (TPSA) is 102 Å². The summed E-state index contributed by atoms with van der Waals surface area (Å²) in [5.74, 6) is -1.74. The number of quaternary nitrogens is 1. The van der Waals surface area contributed by atoms with E-state index in [1.54, 1.807) is 21.1 Å².